The van der Waals surface area contributed by atoms with Crippen LogP contribution in [0.2, 0.25) is 0 Å². The van der Waals surface area contributed by atoms with Crippen molar-refractivity contribution in [3.63, 3.8) is 0 Å². The van der Waals surface area contributed by atoms with E-state index < -0.39 is 0 Å². The average Bonchev–Trinajstić information content (AvgIpc) is 2.80. The number of halogens is 2. The molecule has 0 radical (unpaired) electrons. The van der Waals surface area contributed by atoms with Gasteiger partial charge in [-0.1, -0.05) is 18.7 Å². The number of thioether (sulfide) groups is 1. The van der Waals surface area contributed by atoms with Gasteiger partial charge in [0.05, 0.1) is 15.9 Å². The highest BCUT2D eigenvalue weighted by Gasteiger charge is 2.10. The summed E-state index contributed by atoms with van der Waals surface area (Å²) in [5.41, 5.74) is 2.09. The molecule has 0 spiro atoms. The summed E-state index contributed by atoms with van der Waals surface area (Å²) in [5, 5.41) is 3.53. The number of carbonyl (C=O) groups excluding carboxylic acids is 1. The van der Waals surface area contributed by atoms with Gasteiger partial charge in [-0.2, -0.15) is 0 Å². The number of aromatic amines is 1. The minimum Gasteiger partial charge on any atom is -0.337 e. The molecule has 0 atom stereocenters. The summed E-state index contributed by atoms with van der Waals surface area (Å²) < 4.78 is 1.58. The van der Waals surface area contributed by atoms with Crippen molar-refractivity contribution < 1.29 is 4.79 Å². The Hall–Kier alpha value is -0.860. The molecule has 2 aromatic heterocycles. The minimum atomic E-state index is -0.123. The van der Waals surface area contributed by atoms with Crippen molar-refractivity contribution in [2.24, 2.45) is 0 Å². The summed E-state index contributed by atoms with van der Waals surface area (Å²) in [6.45, 7) is 4.04. The van der Waals surface area contributed by atoms with Crippen LogP contribution in [0.1, 0.15) is 18.3 Å². The van der Waals surface area contributed by atoms with Gasteiger partial charge in [-0.05, 0) is 51.3 Å². The zero-order chi connectivity index (χ0) is 15.4. The minimum absolute atomic E-state index is 0.123. The Balaban J connectivity index is 1.92. The average molecular weight is 434 g/mol. The van der Waals surface area contributed by atoms with Crippen molar-refractivity contribution in [1.29, 1.82) is 0 Å². The second-order valence-corrected chi connectivity index (χ2v) is 7.02. The fraction of sp³-hybridized carbons (Fsp3) is 0.308. The summed E-state index contributed by atoms with van der Waals surface area (Å²) >= 11 is 8.06. The maximum atomic E-state index is 11.9. The fourth-order valence-corrected chi connectivity index (χ4v) is 3.51. The van der Waals surface area contributed by atoms with Gasteiger partial charge in [0.1, 0.15) is 5.82 Å². The molecule has 0 aliphatic carbocycles. The summed E-state index contributed by atoms with van der Waals surface area (Å²) in [5.74, 6) is 0.664. The fourth-order valence-electron chi connectivity index (χ4n) is 1.69. The summed E-state index contributed by atoms with van der Waals surface area (Å²) in [6, 6.07) is 1.83. The number of rotatable bonds is 5. The Labute approximate surface area is 144 Å². The van der Waals surface area contributed by atoms with Gasteiger partial charge >= 0.3 is 0 Å². The van der Waals surface area contributed by atoms with Crippen molar-refractivity contribution in [1.82, 2.24) is 15.0 Å². The van der Waals surface area contributed by atoms with Gasteiger partial charge in [0.25, 0.3) is 0 Å². The van der Waals surface area contributed by atoms with Gasteiger partial charge in [-0.25, -0.2) is 9.97 Å². The molecule has 2 heterocycles. The van der Waals surface area contributed by atoms with Crippen LogP contribution in [-0.4, -0.2) is 26.6 Å². The predicted octanol–water partition coefficient (Wildman–Crippen LogP) is 3.93. The molecule has 21 heavy (non-hydrogen) atoms. The zero-order valence-corrected chi connectivity index (χ0v) is 15.5. The van der Waals surface area contributed by atoms with Crippen LogP contribution in [0, 0.1) is 6.92 Å². The Kier molecular flexibility index (Phi) is 5.83. The van der Waals surface area contributed by atoms with E-state index in [-0.39, 0.29) is 11.7 Å². The van der Waals surface area contributed by atoms with Crippen molar-refractivity contribution in [3.8, 4) is 0 Å². The molecular weight excluding hydrogens is 420 g/mol. The maximum absolute atomic E-state index is 11.9. The van der Waals surface area contributed by atoms with E-state index in [1.807, 2.05) is 13.0 Å². The highest BCUT2D eigenvalue weighted by atomic mass is 79.9. The molecule has 112 valence electrons. The molecule has 0 unspecified atom stereocenters. The van der Waals surface area contributed by atoms with Gasteiger partial charge in [-0.3, -0.25) is 4.79 Å². The molecule has 0 aliphatic rings. The standard InChI is InChI=1S/C13H14Br2N4OS/c1-3-10-7(2)17-13(18-10)21-6-11(20)19-12-9(15)4-8(14)5-16-12/h4-5H,3,6H2,1-2H3,(H,17,18)(H,16,19,20). The predicted molar refractivity (Wildman–Crippen MR) is 91.7 cm³/mol. The first kappa shape index (κ1) is 16.5. The van der Waals surface area contributed by atoms with Gasteiger partial charge in [-0.15, -0.1) is 0 Å². The van der Waals surface area contributed by atoms with E-state index in [2.05, 4.69) is 59.1 Å². The van der Waals surface area contributed by atoms with Crippen LogP contribution in [0.15, 0.2) is 26.4 Å². The Bertz CT molecular complexity index is 660. The number of aryl methyl sites for hydroxylation is 2. The van der Waals surface area contributed by atoms with Gasteiger partial charge < -0.3 is 10.3 Å². The Morgan fingerprint density at radius 2 is 2.24 bits per heavy atom. The van der Waals surface area contributed by atoms with E-state index in [1.165, 1.54) is 11.8 Å². The molecule has 2 N–H and O–H groups in total. The molecule has 0 aliphatic heterocycles. The second-order valence-electron chi connectivity index (χ2n) is 4.29. The van der Waals surface area contributed by atoms with E-state index in [9.17, 15) is 4.79 Å². The van der Waals surface area contributed by atoms with E-state index in [1.54, 1.807) is 6.20 Å². The molecule has 1 amide bonds. The molecule has 0 saturated heterocycles. The molecule has 0 bridgehead atoms. The Morgan fingerprint density at radius 3 is 2.86 bits per heavy atom. The number of amides is 1. The van der Waals surface area contributed by atoms with Crippen molar-refractivity contribution in [2.45, 2.75) is 25.4 Å². The van der Waals surface area contributed by atoms with Gasteiger partial charge in [0, 0.05) is 16.4 Å². The van der Waals surface area contributed by atoms with Crippen LogP contribution in [0.5, 0.6) is 0 Å². The van der Waals surface area contributed by atoms with E-state index in [0.717, 1.165) is 31.9 Å². The van der Waals surface area contributed by atoms with Crippen molar-refractivity contribution in [3.05, 3.63) is 32.6 Å². The molecule has 2 aromatic rings. The normalized spacial score (nSPS) is 10.7. The number of H-pyrrole nitrogens is 1. The number of aromatic nitrogens is 3. The van der Waals surface area contributed by atoms with Crippen LogP contribution < -0.4 is 5.32 Å². The first-order valence-corrected chi connectivity index (χ1v) is 8.86. The number of nitrogens with one attached hydrogen (secondary N) is 2. The molecule has 5 nitrogen and oxygen atoms in total. The lowest BCUT2D eigenvalue weighted by atomic mass is 10.3. The third kappa shape index (κ3) is 4.55. The van der Waals surface area contributed by atoms with Crippen LogP contribution in [-0.2, 0) is 11.2 Å². The highest BCUT2D eigenvalue weighted by molar-refractivity contribution is 9.11. The maximum Gasteiger partial charge on any atom is 0.236 e. The van der Waals surface area contributed by atoms with Gasteiger partial charge in [0.15, 0.2) is 5.16 Å². The summed E-state index contributed by atoms with van der Waals surface area (Å²) in [7, 11) is 0. The monoisotopic (exact) mass is 432 g/mol. The van der Waals surface area contributed by atoms with E-state index in [4.69, 9.17) is 0 Å². The zero-order valence-electron chi connectivity index (χ0n) is 11.5. The second kappa shape index (κ2) is 7.42. The molecule has 8 heteroatoms. The summed E-state index contributed by atoms with van der Waals surface area (Å²) in [4.78, 5) is 23.7. The lowest BCUT2D eigenvalue weighted by molar-refractivity contribution is -0.113. The van der Waals surface area contributed by atoms with Crippen molar-refractivity contribution in [2.75, 3.05) is 11.1 Å². The van der Waals surface area contributed by atoms with Gasteiger partial charge in [0.2, 0.25) is 5.91 Å². The van der Waals surface area contributed by atoms with E-state index >= 15 is 0 Å². The summed E-state index contributed by atoms with van der Waals surface area (Å²) in [6.07, 6.45) is 2.52. The number of anilines is 1. The van der Waals surface area contributed by atoms with Crippen LogP contribution >= 0.6 is 43.6 Å². The third-order valence-corrected chi connectivity index (χ3v) is 4.62. The molecule has 0 saturated carbocycles. The molecular formula is C13H14Br2N4OS. The molecule has 0 aromatic carbocycles. The highest BCUT2D eigenvalue weighted by Crippen LogP contribution is 2.24. The first-order valence-electron chi connectivity index (χ1n) is 6.28. The first-order chi connectivity index (χ1) is 9.99. The molecule has 0 fully saturated rings. The lowest BCUT2D eigenvalue weighted by Gasteiger charge is -2.05. The topological polar surface area (TPSA) is 70.7 Å². The van der Waals surface area contributed by atoms with Crippen LogP contribution in [0.25, 0.3) is 0 Å². The molecule has 2 rings (SSSR count). The van der Waals surface area contributed by atoms with Crippen LogP contribution in [0.4, 0.5) is 5.82 Å². The SMILES string of the molecule is CCc1nc(SCC(=O)Nc2ncc(Br)cc2Br)[nH]c1C. The quantitative estimate of drug-likeness (QED) is 0.700. The number of imidazole rings is 1. The number of carbonyl (C=O) groups is 1. The third-order valence-electron chi connectivity index (χ3n) is 2.70. The smallest absolute Gasteiger partial charge is 0.236 e. The van der Waals surface area contributed by atoms with E-state index in [0.29, 0.717) is 5.82 Å². The van der Waals surface area contributed by atoms with Crippen molar-refractivity contribution >= 4 is 55.3 Å². The largest absolute Gasteiger partial charge is 0.337 e. The number of hydrogen-bond donors (Lipinski definition) is 2. The number of hydrogen-bond acceptors (Lipinski definition) is 4. The lowest BCUT2D eigenvalue weighted by Crippen LogP contribution is -2.15. The number of pyridine rings is 1. The number of nitrogens with zero attached hydrogens (tertiary/aromatic N) is 2. The Morgan fingerprint density at radius 1 is 1.48 bits per heavy atom. The van der Waals surface area contributed by atoms with Crippen LogP contribution in [0.3, 0.4) is 0 Å².